The molecule has 1 aliphatic rings. The number of nitrogens with one attached hydrogen (secondary N) is 2. The zero-order valence-electron chi connectivity index (χ0n) is 14.4. The van der Waals surface area contributed by atoms with E-state index in [1.165, 1.54) is 28.2 Å². The number of halogens is 1. The summed E-state index contributed by atoms with van der Waals surface area (Å²) < 4.78 is 19.3. The Hall–Kier alpha value is -2.17. The zero-order chi connectivity index (χ0) is 17.3. The molecule has 0 saturated carbocycles. The second-order valence-electron chi connectivity index (χ2n) is 7.07. The van der Waals surface area contributed by atoms with Gasteiger partial charge >= 0.3 is 0 Å². The molecule has 0 radical (unpaired) electrons. The summed E-state index contributed by atoms with van der Waals surface area (Å²) in [6.07, 6.45) is 0.916. The van der Waals surface area contributed by atoms with Crippen LogP contribution in [0, 0.1) is 12.7 Å². The summed E-state index contributed by atoms with van der Waals surface area (Å²) in [7, 11) is 0. The van der Waals surface area contributed by atoms with Crippen molar-refractivity contribution in [3.8, 4) is 0 Å². The molecule has 1 fully saturated rings. The van der Waals surface area contributed by atoms with E-state index < -0.39 is 0 Å². The number of hydrogen-bond acceptors (Lipinski definition) is 2. The fourth-order valence-electron chi connectivity index (χ4n) is 3.78. The standard InChI is InChI=1S/C21H23FN2O/c1-15-9-17-10-16(5-6-20(17)24-15)12-23-13-21(7-8-25-14-21)18-3-2-4-19(22)11-18/h2-6,9-11,23-24H,7-8,12-14H2,1H3. The first-order valence-corrected chi connectivity index (χ1v) is 8.77. The van der Waals surface area contributed by atoms with E-state index in [-0.39, 0.29) is 11.2 Å². The van der Waals surface area contributed by atoms with Gasteiger partial charge in [0.1, 0.15) is 5.82 Å². The Morgan fingerprint density at radius 1 is 1.20 bits per heavy atom. The van der Waals surface area contributed by atoms with Gasteiger partial charge in [0.15, 0.2) is 0 Å². The van der Waals surface area contributed by atoms with Crippen LogP contribution in [0.2, 0.25) is 0 Å². The monoisotopic (exact) mass is 338 g/mol. The quantitative estimate of drug-likeness (QED) is 0.736. The third-order valence-electron chi connectivity index (χ3n) is 5.15. The highest BCUT2D eigenvalue weighted by atomic mass is 19.1. The number of ether oxygens (including phenoxy) is 1. The van der Waals surface area contributed by atoms with E-state index >= 15 is 0 Å². The van der Waals surface area contributed by atoms with Crippen LogP contribution in [0.3, 0.4) is 0 Å². The second-order valence-corrected chi connectivity index (χ2v) is 7.07. The maximum atomic E-state index is 13.7. The Morgan fingerprint density at radius 2 is 2.12 bits per heavy atom. The largest absolute Gasteiger partial charge is 0.380 e. The molecule has 130 valence electrons. The van der Waals surface area contributed by atoms with E-state index in [9.17, 15) is 4.39 Å². The average molecular weight is 338 g/mol. The van der Waals surface area contributed by atoms with Crippen LogP contribution in [-0.4, -0.2) is 24.7 Å². The van der Waals surface area contributed by atoms with Crippen molar-refractivity contribution in [2.24, 2.45) is 0 Å². The van der Waals surface area contributed by atoms with Crippen molar-refractivity contribution in [2.45, 2.75) is 25.3 Å². The minimum absolute atomic E-state index is 0.142. The number of H-pyrrole nitrogens is 1. The predicted molar refractivity (Wildman–Crippen MR) is 98.3 cm³/mol. The first-order valence-electron chi connectivity index (χ1n) is 8.77. The van der Waals surface area contributed by atoms with Crippen LogP contribution in [0.25, 0.3) is 10.9 Å². The highest BCUT2D eigenvalue weighted by molar-refractivity contribution is 5.81. The van der Waals surface area contributed by atoms with Crippen LogP contribution >= 0.6 is 0 Å². The molecule has 3 nitrogen and oxygen atoms in total. The number of aromatic amines is 1. The Kier molecular flexibility index (Phi) is 4.32. The Bertz CT molecular complexity index is 880. The van der Waals surface area contributed by atoms with Gasteiger partial charge in [0.05, 0.1) is 6.61 Å². The van der Waals surface area contributed by atoms with Crippen molar-refractivity contribution in [2.75, 3.05) is 19.8 Å². The van der Waals surface area contributed by atoms with Gasteiger partial charge in [-0.05, 0) is 60.2 Å². The summed E-state index contributed by atoms with van der Waals surface area (Å²) in [6, 6.07) is 15.6. The summed E-state index contributed by atoms with van der Waals surface area (Å²) in [5.41, 5.74) is 4.47. The van der Waals surface area contributed by atoms with E-state index in [1.54, 1.807) is 12.1 Å². The Balaban J connectivity index is 1.48. The molecule has 0 bridgehead atoms. The number of aromatic nitrogens is 1. The van der Waals surface area contributed by atoms with Crippen molar-refractivity contribution >= 4 is 10.9 Å². The van der Waals surface area contributed by atoms with Crippen LogP contribution in [0.15, 0.2) is 48.5 Å². The van der Waals surface area contributed by atoms with Gasteiger partial charge in [-0.15, -0.1) is 0 Å². The lowest BCUT2D eigenvalue weighted by Crippen LogP contribution is -2.38. The second kappa shape index (κ2) is 6.62. The predicted octanol–water partition coefficient (Wildman–Crippen LogP) is 4.06. The van der Waals surface area contributed by atoms with E-state index in [1.807, 2.05) is 6.07 Å². The maximum absolute atomic E-state index is 13.7. The molecule has 1 atom stereocenters. The molecule has 2 N–H and O–H groups in total. The molecule has 1 saturated heterocycles. The molecule has 0 amide bonds. The topological polar surface area (TPSA) is 37.0 Å². The van der Waals surface area contributed by atoms with Crippen LogP contribution in [0.4, 0.5) is 4.39 Å². The SMILES string of the molecule is Cc1cc2cc(CNCC3(c4cccc(F)c4)CCOC3)ccc2[nH]1. The molecule has 1 unspecified atom stereocenters. The molecule has 2 heterocycles. The molecule has 0 aliphatic carbocycles. The lowest BCUT2D eigenvalue weighted by molar-refractivity contribution is 0.176. The van der Waals surface area contributed by atoms with Gasteiger partial charge in [-0.3, -0.25) is 0 Å². The molecule has 3 aromatic rings. The van der Waals surface area contributed by atoms with E-state index in [0.717, 1.165) is 31.7 Å². The Morgan fingerprint density at radius 3 is 2.92 bits per heavy atom. The normalized spacial score (nSPS) is 20.4. The van der Waals surface area contributed by atoms with Gasteiger partial charge in [0.2, 0.25) is 0 Å². The first kappa shape index (κ1) is 16.3. The molecular weight excluding hydrogens is 315 g/mol. The molecular formula is C21H23FN2O. The summed E-state index contributed by atoms with van der Waals surface area (Å²) in [4.78, 5) is 3.35. The van der Waals surface area contributed by atoms with Crippen LogP contribution in [0.5, 0.6) is 0 Å². The van der Waals surface area contributed by atoms with Crippen molar-refractivity contribution in [1.82, 2.24) is 10.3 Å². The molecule has 4 heteroatoms. The highest BCUT2D eigenvalue weighted by Gasteiger charge is 2.36. The number of hydrogen-bond donors (Lipinski definition) is 2. The smallest absolute Gasteiger partial charge is 0.123 e. The fraction of sp³-hybridized carbons (Fsp3) is 0.333. The lowest BCUT2D eigenvalue weighted by Gasteiger charge is -2.28. The first-order chi connectivity index (χ1) is 12.1. The van der Waals surface area contributed by atoms with Gasteiger partial charge in [-0.25, -0.2) is 4.39 Å². The van der Waals surface area contributed by atoms with Gasteiger partial charge in [0.25, 0.3) is 0 Å². The number of rotatable bonds is 5. The van der Waals surface area contributed by atoms with Crippen LogP contribution in [0.1, 0.15) is 23.2 Å². The van der Waals surface area contributed by atoms with Crippen molar-refractivity contribution in [1.29, 1.82) is 0 Å². The third kappa shape index (κ3) is 3.32. The highest BCUT2D eigenvalue weighted by Crippen LogP contribution is 2.33. The minimum atomic E-state index is -0.183. The summed E-state index contributed by atoms with van der Waals surface area (Å²) in [5, 5.41) is 4.80. The molecule has 2 aromatic carbocycles. The fourth-order valence-corrected chi connectivity index (χ4v) is 3.78. The van der Waals surface area contributed by atoms with E-state index in [4.69, 9.17) is 4.74 Å². The zero-order valence-corrected chi connectivity index (χ0v) is 14.4. The molecule has 4 rings (SSSR count). The molecule has 25 heavy (non-hydrogen) atoms. The maximum Gasteiger partial charge on any atom is 0.123 e. The van der Waals surface area contributed by atoms with Crippen molar-refractivity contribution < 1.29 is 9.13 Å². The van der Waals surface area contributed by atoms with Gasteiger partial charge in [-0.1, -0.05) is 18.2 Å². The number of benzene rings is 2. The van der Waals surface area contributed by atoms with Crippen molar-refractivity contribution in [3.05, 3.63) is 71.2 Å². The molecule has 0 spiro atoms. The molecule has 1 aliphatic heterocycles. The van der Waals surface area contributed by atoms with Gasteiger partial charge in [0, 0.05) is 36.3 Å². The average Bonchev–Trinajstić information content (AvgIpc) is 3.21. The van der Waals surface area contributed by atoms with Crippen LogP contribution < -0.4 is 5.32 Å². The van der Waals surface area contributed by atoms with Crippen LogP contribution in [-0.2, 0) is 16.7 Å². The van der Waals surface area contributed by atoms with E-state index in [2.05, 4.69) is 41.5 Å². The minimum Gasteiger partial charge on any atom is -0.380 e. The third-order valence-corrected chi connectivity index (χ3v) is 5.15. The van der Waals surface area contributed by atoms with Gasteiger partial charge < -0.3 is 15.0 Å². The summed E-state index contributed by atoms with van der Waals surface area (Å²) in [5.74, 6) is -0.183. The number of fused-ring (bicyclic) bond motifs is 1. The van der Waals surface area contributed by atoms with E-state index in [0.29, 0.717) is 6.61 Å². The molecule has 1 aromatic heterocycles. The Labute approximate surface area is 147 Å². The number of aryl methyl sites for hydroxylation is 1. The lowest BCUT2D eigenvalue weighted by atomic mass is 9.79. The van der Waals surface area contributed by atoms with Gasteiger partial charge in [-0.2, -0.15) is 0 Å². The van der Waals surface area contributed by atoms with Crippen molar-refractivity contribution in [3.63, 3.8) is 0 Å². The summed E-state index contributed by atoms with van der Waals surface area (Å²) in [6.45, 7) is 5.00. The summed E-state index contributed by atoms with van der Waals surface area (Å²) >= 11 is 0.